The Morgan fingerprint density at radius 3 is 2.42 bits per heavy atom. The molecule has 0 aliphatic carbocycles. The summed E-state index contributed by atoms with van der Waals surface area (Å²) in [6.45, 7) is 8.68. The summed E-state index contributed by atoms with van der Waals surface area (Å²) in [6.07, 6.45) is 3.29. The molecule has 5 nitrogen and oxygen atoms in total. The van der Waals surface area contributed by atoms with Crippen LogP contribution in [0.1, 0.15) is 33.1 Å². The number of piperazine rings is 1. The van der Waals surface area contributed by atoms with Crippen LogP contribution in [0.4, 0.5) is 4.79 Å². The molecule has 0 aromatic carbocycles. The Labute approximate surface area is 115 Å². The molecule has 0 saturated carbocycles. The first kappa shape index (κ1) is 13.2. The molecular formula is C14H25N3O2. The van der Waals surface area contributed by atoms with E-state index < -0.39 is 0 Å². The van der Waals surface area contributed by atoms with Crippen molar-refractivity contribution in [3.8, 4) is 0 Å². The summed E-state index contributed by atoms with van der Waals surface area (Å²) in [5.74, 6) is 0. The average Bonchev–Trinajstić information content (AvgIpc) is 2.68. The van der Waals surface area contributed by atoms with Crippen molar-refractivity contribution in [2.75, 3.05) is 33.0 Å². The molecule has 3 aliphatic heterocycles. The molecule has 5 heteroatoms. The zero-order valence-electron chi connectivity index (χ0n) is 12.0. The van der Waals surface area contributed by atoms with Gasteiger partial charge in [0.25, 0.3) is 0 Å². The van der Waals surface area contributed by atoms with Gasteiger partial charge in [0.1, 0.15) is 6.73 Å². The first-order chi connectivity index (χ1) is 9.16. The molecule has 2 amide bonds. The van der Waals surface area contributed by atoms with Crippen LogP contribution in [-0.2, 0) is 4.74 Å². The lowest BCUT2D eigenvalue weighted by Crippen LogP contribution is -2.60. The molecule has 3 aliphatic rings. The highest BCUT2D eigenvalue weighted by Gasteiger charge is 2.44. The number of rotatable bonds is 1. The fraction of sp³-hybridized carbons (Fsp3) is 0.929. The number of likely N-dealkylation sites (tertiary alicyclic amines) is 1. The van der Waals surface area contributed by atoms with Gasteiger partial charge < -0.3 is 14.5 Å². The quantitative estimate of drug-likeness (QED) is 0.719. The number of hydrogen-bond acceptors (Lipinski definition) is 3. The van der Waals surface area contributed by atoms with Crippen molar-refractivity contribution in [1.29, 1.82) is 0 Å². The molecule has 108 valence electrons. The van der Waals surface area contributed by atoms with Crippen molar-refractivity contribution in [2.45, 2.75) is 51.2 Å². The molecule has 19 heavy (non-hydrogen) atoms. The first-order valence-electron chi connectivity index (χ1n) is 7.56. The van der Waals surface area contributed by atoms with Crippen LogP contribution in [0.2, 0.25) is 0 Å². The molecule has 2 unspecified atom stereocenters. The van der Waals surface area contributed by atoms with Crippen LogP contribution in [0, 0.1) is 0 Å². The lowest BCUT2D eigenvalue weighted by molar-refractivity contribution is -0.0136. The number of ether oxygens (including phenoxy) is 1. The Morgan fingerprint density at radius 1 is 1.21 bits per heavy atom. The monoisotopic (exact) mass is 267 g/mol. The van der Waals surface area contributed by atoms with Crippen LogP contribution in [0.5, 0.6) is 0 Å². The molecule has 0 N–H and O–H groups in total. The van der Waals surface area contributed by atoms with Crippen LogP contribution in [0.3, 0.4) is 0 Å². The third kappa shape index (κ3) is 2.46. The van der Waals surface area contributed by atoms with Gasteiger partial charge >= 0.3 is 6.03 Å². The van der Waals surface area contributed by atoms with Crippen molar-refractivity contribution in [1.82, 2.24) is 14.7 Å². The van der Waals surface area contributed by atoms with Gasteiger partial charge in [-0.1, -0.05) is 0 Å². The predicted octanol–water partition coefficient (Wildman–Crippen LogP) is 1.34. The van der Waals surface area contributed by atoms with Crippen LogP contribution in [0.15, 0.2) is 0 Å². The molecule has 3 saturated heterocycles. The Morgan fingerprint density at radius 2 is 1.89 bits per heavy atom. The lowest BCUT2D eigenvalue weighted by atomic mass is 10.1. The molecule has 2 atom stereocenters. The van der Waals surface area contributed by atoms with E-state index in [9.17, 15) is 4.79 Å². The van der Waals surface area contributed by atoms with Crippen molar-refractivity contribution >= 4 is 6.03 Å². The summed E-state index contributed by atoms with van der Waals surface area (Å²) < 4.78 is 5.41. The van der Waals surface area contributed by atoms with E-state index in [0.29, 0.717) is 24.9 Å². The highest BCUT2D eigenvalue weighted by molar-refractivity contribution is 5.75. The third-order valence-electron chi connectivity index (χ3n) is 4.70. The van der Waals surface area contributed by atoms with Crippen molar-refractivity contribution in [2.24, 2.45) is 0 Å². The molecule has 2 bridgehead atoms. The third-order valence-corrected chi connectivity index (χ3v) is 4.70. The SMILES string of the molecule is CC(C)N1CC2CCC(C1)N2C(=O)N1CCCOC1. The second-order valence-electron chi connectivity index (χ2n) is 6.28. The maximum Gasteiger partial charge on any atom is 0.322 e. The van der Waals surface area contributed by atoms with E-state index in [1.165, 1.54) is 0 Å². The van der Waals surface area contributed by atoms with Crippen LogP contribution >= 0.6 is 0 Å². The number of nitrogens with zero attached hydrogens (tertiary/aromatic N) is 3. The Kier molecular flexibility index (Phi) is 3.67. The van der Waals surface area contributed by atoms with Gasteiger partial charge in [-0.05, 0) is 33.1 Å². The van der Waals surface area contributed by atoms with E-state index in [-0.39, 0.29) is 6.03 Å². The molecule has 3 heterocycles. The van der Waals surface area contributed by atoms with Gasteiger partial charge in [-0.15, -0.1) is 0 Å². The largest absolute Gasteiger partial charge is 0.361 e. The summed E-state index contributed by atoms with van der Waals surface area (Å²) in [5, 5.41) is 0. The smallest absolute Gasteiger partial charge is 0.322 e. The maximum absolute atomic E-state index is 12.6. The van der Waals surface area contributed by atoms with E-state index in [4.69, 9.17) is 4.74 Å². The minimum atomic E-state index is 0.204. The Hall–Kier alpha value is -0.810. The Balaban J connectivity index is 1.67. The zero-order chi connectivity index (χ0) is 13.4. The van der Waals surface area contributed by atoms with E-state index >= 15 is 0 Å². The first-order valence-corrected chi connectivity index (χ1v) is 7.56. The van der Waals surface area contributed by atoms with Gasteiger partial charge in [-0.25, -0.2) is 4.79 Å². The number of amides is 2. The summed E-state index contributed by atoms with van der Waals surface area (Å²) >= 11 is 0. The molecule has 3 rings (SSSR count). The lowest BCUT2D eigenvalue weighted by Gasteiger charge is -2.44. The highest BCUT2D eigenvalue weighted by Crippen LogP contribution is 2.32. The fourth-order valence-electron chi connectivity index (χ4n) is 3.58. The minimum absolute atomic E-state index is 0.204. The summed E-state index contributed by atoms with van der Waals surface area (Å²) in [6, 6.07) is 1.61. The van der Waals surface area contributed by atoms with Gasteiger partial charge in [0.2, 0.25) is 0 Å². The van der Waals surface area contributed by atoms with E-state index in [0.717, 1.165) is 45.5 Å². The van der Waals surface area contributed by atoms with E-state index in [2.05, 4.69) is 23.6 Å². The number of urea groups is 1. The van der Waals surface area contributed by atoms with Gasteiger partial charge in [0, 0.05) is 37.8 Å². The van der Waals surface area contributed by atoms with Gasteiger partial charge in [0.05, 0.1) is 6.61 Å². The predicted molar refractivity (Wildman–Crippen MR) is 72.9 cm³/mol. The van der Waals surface area contributed by atoms with Crippen LogP contribution < -0.4 is 0 Å². The molecule has 0 aromatic rings. The highest BCUT2D eigenvalue weighted by atomic mass is 16.5. The number of carbonyl (C=O) groups is 1. The normalized spacial score (nSPS) is 32.2. The van der Waals surface area contributed by atoms with Crippen LogP contribution in [-0.4, -0.2) is 71.8 Å². The second kappa shape index (κ2) is 5.29. The van der Waals surface area contributed by atoms with Crippen molar-refractivity contribution in [3.05, 3.63) is 0 Å². The summed E-state index contributed by atoms with van der Waals surface area (Å²) in [5.41, 5.74) is 0. The standard InChI is InChI=1S/C14H25N3O2/c1-11(2)16-8-12-4-5-13(9-16)17(12)14(18)15-6-3-7-19-10-15/h11-13H,3-10H2,1-2H3. The second-order valence-corrected chi connectivity index (χ2v) is 6.28. The van der Waals surface area contributed by atoms with E-state index in [1.54, 1.807) is 0 Å². The zero-order valence-corrected chi connectivity index (χ0v) is 12.0. The number of fused-ring (bicyclic) bond motifs is 2. The molecular weight excluding hydrogens is 242 g/mol. The number of carbonyl (C=O) groups excluding carboxylic acids is 1. The Bertz CT molecular complexity index is 328. The van der Waals surface area contributed by atoms with Gasteiger partial charge in [-0.2, -0.15) is 0 Å². The van der Waals surface area contributed by atoms with Crippen molar-refractivity contribution < 1.29 is 9.53 Å². The van der Waals surface area contributed by atoms with Crippen LogP contribution in [0.25, 0.3) is 0 Å². The minimum Gasteiger partial charge on any atom is -0.361 e. The molecule has 0 spiro atoms. The van der Waals surface area contributed by atoms with E-state index in [1.807, 2.05) is 4.90 Å². The molecule has 0 radical (unpaired) electrons. The summed E-state index contributed by atoms with van der Waals surface area (Å²) in [7, 11) is 0. The van der Waals surface area contributed by atoms with Gasteiger partial charge in [0.15, 0.2) is 0 Å². The fourth-order valence-corrected chi connectivity index (χ4v) is 3.58. The van der Waals surface area contributed by atoms with Crippen molar-refractivity contribution in [3.63, 3.8) is 0 Å². The molecule has 3 fully saturated rings. The number of hydrogen-bond donors (Lipinski definition) is 0. The van der Waals surface area contributed by atoms with Gasteiger partial charge in [-0.3, -0.25) is 4.90 Å². The average molecular weight is 267 g/mol. The molecule has 0 aromatic heterocycles. The topological polar surface area (TPSA) is 36.0 Å². The maximum atomic E-state index is 12.6. The summed E-state index contributed by atoms with van der Waals surface area (Å²) in [4.78, 5) is 19.2.